The second-order valence-corrected chi connectivity index (χ2v) is 8.91. The highest BCUT2D eigenvalue weighted by atomic mass is 16.5. The minimum Gasteiger partial charge on any atom is -0.459 e. The number of carbonyl (C=O) groups is 3. The molecule has 0 aliphatic rings. The molecule has 37 heavy (non-hydrogen) atoms. The number of rotatable bonds is 12. The predicted octanol–water partition coefficient (Wildman–Crippen LogP) is 4.80. The molecule has 0 heterocycles. The third kappa shape index (κ3) is 9.11. The highest BCUT2D eigenvalue weighted by molar-refractivity contribution is 5.90. The predicted molar refractivity (Wildman–Crippen MR) is 141 cm³/mol. The van der Waals surface area contributed by atoms with Gasteiger partial charge in [-0.15, -0.1) is 0 Å². The zero-order valence-electron chi connectivity index (χ0n) is 21.3. The Balaban J connectivity index is 1.68. The second-order valence-electron chi connectivity index (χ2n) is 8.91. The average Bonchev–Trinajstić information content (AvgIpc) is 2.94. The lowest BCUT2D eigenvalue weighted by atomic mass is 9.98. The van der Waals surface area contributed by atoms with Gasteiger partial charge in [-0.2, -0.15) is 0 Å². The van der Waals surface area contributed by atoms with Gasteiger partial charge in [0.1, 0.15) is 25.3 Å². The van der Waals surface area contributed by atoms with E-state index in [2.05, 4.69) is 10.6 Å². The van der Waals surface area contributed by atoms with Crippen LogP contribution >= 0.6 is 0 Å². The smallest absolute Gasteiger partial charge is 0.408 e. The Morgan fingerprint density at radius 1 is 0.703 bits per heavy atom. The highest BCUT2D eigenvalue weighted by Crippen LogP contribution is 2.13. The Morgan fingerprint density at radius 3 is 1.70 bits per heavy atom. The first kappa shape index (κ1) is 27.5. The van der Waals surface area contributed by atoms with Gasteiger partial charge in [0.05, 0.1) is 0 Å². The van der Waals surface area contributed by atoms with Crippen molar-refractivity contribution < 1.29 is 23.9 Å². The number of hydrogen-bond donors (Lipinski definition) is 2. The molecule has 7 nitrogen and oxygen atoms in total. The monoisotopic (exact) mass is 502 g/mol. The van der Waals surface area contributed by atoms with Crippen LogP contribution in [0.5, 0.6) is 0 Å². The van der Waals surface area contributed by atoms with E-state index in [1.165, 1.54) is 0 Å². The molecule has 2 amide bonds. The first-order valence-corrected chi connectivity index (χ1v) is 12.5. The van der Waals surface area contributed by atoms with Crippen molar-refractivity contribution in [3.05, 3.63) is 108 Å². The number of carbonyl (C=O) groups excluding carboxylic acids is 3. The van der Waals surface area contributed by atoms with E-state index in [9.17, 15) is 14.4 Å². The van der Waals surface area contributed by atoms with E-state index < -0.39 is 30.1 Å². The van der Waals surface area contributed by atoms with Crippen molar-refractivity contribution in [3.63, 3.8) is 0 Å². The standard InChI is InChI=1S/C30H34N2O5/c1-3-22(2)27(29(34)36-20-24-15-9-5-10-16-24)32-28(33)26(19-23-13-7-4-8-14-23)31-30(35)37-21-25-17-11-6-12-18-25/h4-18,22,26-27H,3,19-21H2,1-2H3,(H,31,35)(H,32,33)/t22?,26?,27-/m0/s1. The second kappa shape index (κ2) is 14.4. The van der Waals surface area contributed by atoms with Crippen LogP contribution in [0.1, 0.15) is 37.0 Å². The summed E-state index contributed by atoms with van der Waals surface area (Å²) in [4.78, 5) is 38.9. The van der Waals surface area contributed by atoms with Crippen molar-refractivity contribution in [2.24, 2.45) is 5.92 Å². The molecule has 0 aliphatic carbocycles. The Bertz CT molecular complexity index is 1120. The fourth-order valence-corrected chi connectivity index (χ4v) is 3.71. The molecule has 0 aliphatic heterocycles. The van der Waals surface area contributed by atoms with Gasteiger partial charge in [0.2, 0.25) is 5.91 Å². The average molecular weight is 503 g/mol. The van der Waals surface area contributed by atoms with Crippen LogP contribution in [0.3, 0.4) is 0 Å². The van der Waals surface area contributed by atoms with Gasteiger partial charge in [-0.3, -0.25) is 4.79 Å². The molecular formula is C30H34N2O5. The Hall–Kier alpha value is -4.13. The van der Waals surface area contributed by atoms with Gasteiger partial charge in [0.15, 0.2) is 0 Å². The zero-order chi connectivity index (χ0) is 26.5. The summed E-state index contributed by atoms with van der Waals surface area (Å²) in [6, 6.07) is 26.2. The van der Waals surface area contributed by atoms with Crippen molar-refractivity contribution >= 4 is 18.0 Å². The maximum Gasteiger partial charge on any atom is 0.408 e. The molecule has 3 rings (SSSR count). The fourth-order valence-electron chi connectivity index (χ4n) is 3.71. The summed E-state index contributed by atoms with van der Waals surface area (Å²) in [5, 5.41) is 5.49. The molecule has 2 unspecified atom stereocenters. The summed E-state index contributed by atoms with van der Waals surface area (Å²) in [5.74, 6) is -1.17. The zero-order valence-corrected chi connectivity index (χ0v) is 21.3. The summed E-state index contributed by atoms with van der Waals surface area (Å²) in [5.41, 5.74) is 2.55. The van der Waals surface area contributed by atoms with E-state index in [-0.39, 0.29) is 25.6 Å². The molecule has 194 valence electrons. The molecule has 0 spiro atoms. The number of hydrogen-bond acceptors (Lipinski definition) is 5. The minimum atomic E-state index is -0.945. The van der Waals surface area contributed by atoms with Crippen molar-refractivity contribution in [3.8, 4) is 0 Å². The lowest BCUT2D eigenvalue weighted by Crippen LogP contribution is -2.54. The van der Waals surface area contributed by atoms with Gasteiger partial charge in [-0.05, 0) is 22.6 Å². The first-order valence-electron chi connectivity index (χ1n) is 12.5. The Morgan fingerprint density at radius 2 is 1.19 bits per heavy atom. The first-order chi connectivity index (χ1) is 18.0. The van der Waals surface area contributed by atoms with E-state index >= 15 is 0 Å². The Kier molecular flexibility index (Phi) is 10.7. The van der Waals surface area contributed by atoms with Crippen LogP contribution in [0.25, 0.3) is 0 Å². The van der Waals surface area contributed by atoms with Crippen LogP contribution in [-0.2, 0) is 38.7 Å². The normalized spacial score (nSPS) is 13.0. The molecular weight excluding hydrogens is 468 g/mol. The number of amides is 2. The molecule has 7 heteroatoms. The summed E-state index contributed by atoms with van der Waals surface area (Å²) in [6.07, 6.45) is 0.174. The number of benzene rings is 3. The number of ether oxygens (including phenoxy) is 2. The van der Waals surface area contributed by atoms with E-state index in [0.717, 1.165) is 16.7 Å². The van der Waals surface area contributed by atoms with Crippen molar-refractivity contribution in [2.75, 3.05) is 0 Å². The van der Waals surface area contributed by atoms with E-state index in [4.69, 9.17) is 9.47 Å². The van der Waals surface area contributed by atoms with Crippen LogP contribution in [0.2, 0.25) is 0 Å². The molecule has 0 saturated heterocycles. The maximum absolute atomic E-state index is 13.4. The van der Waals surface area contributed by atoms with Crippen LogP contribution in [-0.4, -0.2) is 30.1 Å². The third-order valence-corrected chi connectivity index (χ3v) is 6.09. The molecule has 3 aromatic carbocycles. The van der Waals surface area contributed by atoms with Gasteiger partial charge in [0.25, 0.3) is 0 Å². The number of alkyl carbamates (subject to hydrolysis) is 1. The van der Waals surface area contributed by atoms with Crippen LogP contribution in [0.15, 0.2) is 91.0 Å². The van der Waals surface area contributed by atoms with E-state index in [1.807, 2.05) is 105 Å². The summed E-state index contributed by atoms with van der Waals surface area (Å²) < 4.78 is 10.8. The topological polar surface area (TPSA) is 93.7 Å². The molecule has 0 radical (unpaired) electrons. The van der Waals surface area contributed by atoms with Crippen molar-refractivity contribution in [1.29, 1.82) is 0 Å². The van der Waals surface area contributed by atoms with E-state index in [1.54, 1.807) is 0 Å². The lowest BCUT2D eigenvalue weighted by Gasteiger charge is -2.26. The van der Waals surface area contributed by atoms with Gasteiger partial charge in [-0.25, -0.2) is 9.59 Å². The highest BCUT2D eigenvalue weighted by Gasteiger charge is 2.31. The van der Waals surface area contributed by atoms with E-state index in [0.29, 0.717) is 6.42 Å². The molecule has 0 fully saturated rings. The number of nitrogens with one attached hydrogen (secondary N) is 2. The molecule has 3 aromatic rings. The molecule has 2 N–H and O–H groups in total. The van der Waals surface area contributed by atoms with Gasteiger partial charge >= 0.3 is 12.1 Å². The van der Waals surface area contributed by atoms with Crippen LogP contribution in [0.4, 0.5) is 4.79 Å². The van der Waals surface area contributed by atoms with Gasteiger partial charge < -0.3 is 20.1 Å². The summed E-state index contributed by atoms with van der Waals surface area (Å²) in [6.45, 7) is 4.01. The van der Waals surface area contributed by atoms with Crippen LogP contribution in [0, 0.1) is 5.92 Å². The molecule has 3 atom stereocenters. The third-order valence-electron chi connectivity index (χ3n) is 6.09. The van der Waals surface area contributed by atoms with Gasteiger partial charge in [-0.1, -0.05) is 111 Å². The lowest BCUT2D eigenvalue weighted by molar-refractivity contribution is -0.150. The summed E-state index contributed by atoms with van der Waals surface area (Å²) >= 11 is 0. The van der Waals surface area contributed by atoms with Gasteiger partial charge in [0, 0.05) is 6.42 Å². The quantitative estimate of drug-likeness (QED) is 0.347. The molecule has 0 aromatic heterocycles. The minimum absolute atomic E-state index is 0.0770. The molecule has 0 saturated carbocycles. The van der Waals surface area contributed by atoms with Crippen molar-refractivity contribution in [1.82, 2.24) is 10.6 Å². The maximum atomic E-state index is 13.4. The summed E-state index contributed by atoms with van der Waals surface area (Å²) in [7, 11) is 0. The van der Waals surface area contributed by atoms with Crippen LogP contribution < -0.4 is 10.6 Å². The SMILES string of the molecule is CCC(C)[C@H](NC(=O)C(Cc1ccccc1)NC(=O)OCc1ccccc1)C(=O)OCc1ccccc1. The fraction of sp³-hybridized carbons (Fsp3) is 0.300. The number of esters is 1. The largest absolute Gasteiger partial charge is 0.459 e. The molecule has 0 bridgehead atoms. The Labute approximate surface area is 218 Å². The van der Waals surface area contributed by atoms with Crippen molar-refractivity contribution in [2.45, 2.75) is 52.0 Å².